The Morgan fingerprint density at radius 2 is 0.836 bits per heavy atom. The number of aliphatic hydroxyl groups is 7. The molecule has 15 nitrogen and oxygen atoms in total. The fourth-order valence-electron chi connectivity index (χ4n) is 7.81. The van der Waals surface area contributed by atoms with Crippen LogP contribution >= 0.6 is 0 Å². The minimum absolute atomic E-state index is 0.173. The van der Waals surface area contributed by atoms with Crippen LogP contribution in [0.2, 0.25) is 0 Å². The third-order valence-electron chi connectivity index (χ3n) is 11.8. The van der Waals surface area contributed by atoms with Gasteiger partial charge in [-0.05, 0) is 12.8 Å². The van der Waals surface area contributed by atoms with E-state index in [-0.39, 0.29) is 26.1 Å². The predicted octanol–water partition coefficient (Wildman–Crippen LogP) is 5.65. The molecule has 61 heavy (non-hydrogen) atoms. The molecule has 0 spiro atoms. The highest BCUT2D eigenvalue weighted by Crippen LogP contribution is 2.26. The lowest BCUT2D eigenvalue weighted by molar-refractivity contribution is -0.332. The van der Waals surface area contributed by atoms with Crippen molar-refractivity contribution in [2.24, 2.45) is 0 Å². The quantitative estimate of drug-likeness (QED) is 0.0295. The van der Waals surface area contributed by atoms with Crippen molar-refractivity contribution in [1.29, 1.82) is 0 Å². The molecule has 2 saturated heterocycles. The molecule has 2 aliphatic heterocycles. The van der Waals surface area contributed by atoms with Gasteiger partial charge in [-0.25, -0.2) is 0 Å². The molecule has 0 aromatic carbocycles. The Bertz CT molecular complexity index is 1080. The van der Waals surface area contributed by atoms with Crippen LogP contribution in [0.3, 0.4) is 0 Å². The van der Waals surface area contributed by atoms with E-state index in [9.17, 15) is 45.3 Å². The average Bonchev–Trinajstić information content (AvgIpc) is 3.25. The lowest BCUT2D eigenvalue weighted by Gasteiger charge is -2.42. The summed E-state index contributed by atoms with van der Waals surface area (Å²) in [6.45, 7) is 2.53. The minimum Gasteiger partial charge on any atom is -0.462 e. The zero-order chi connectivity index (χ0) is 44.7. The van der Waals surface area contributed by atoms with Crippen molar-refractivity contribution in [1.82, 2.24) is 0 Å². The summed E-state index contributed by atoms with van der Waals surface area (Å²) in [5.74, 6) is -0.924. The van der Waals surface area contributed by atoms with Crippen molar-refractivity contribution in [2.75, 3.05) is 26.4 Å². The maximum absolute atomic E-state index is 12.9. The van der Waals surface area contributed by atoms with Crippen LogP contribution in [0.5, 0.6) is 0 Å². The maximum Gasteiger partial charge on any atom is 0.306 e. The normalized spacial score (nSPS) is 27.2. The molecule has 2 heterocycles. The zero-order valence-electron chi connectivity index (χ0n) is 37.7. The number of rotatable bonds is 37. The van der Waals surface area contributed by atoms with E-state index < -0.39 is 92.7 Å². The first-order valence-corrected chi connectivity index (χ1v) is 24.1. The Balaban J connectivity index is 1.76. The highest BCUT2D eigenvalue weighted by atomic mass is 16.7. The van der Waals surface area contributed by atoms with Gasteiger partial charge in [0.1, 0.15) is 55.4 Å². The summed E-state index contributed by atoms with van der Waals surface area (Å²) in [6, 6.07) is 0. The third-order valence-corrected chi connectivity index (χ3v) is 11.8. The molecule has 2 aliphatic rings. The van der Waals surface area contributed by atoms with Gasteiger partial charge in [0.15, 0.2) is 18.7 Å². The third kappa shape index (κ3) is 23.8. The van der Waals surface area contributed by atoms with Crippen LogP contribution in [0.1, 0.15) is 187 Å². The van der Waals surface area contributed by atoms with Gasteiger partial charge in [0.2, 0.25) is 0 Å². The molecule has 0 bridgehead atoms. The van der Waals surface area contributed by atoms with E-state index in [0.717, 1.165) is 51.4 Å². The van der Waals surface area contributed by atoms with Gasteiger partial charge in [0.05, 0.1) is 19.8 Å². The topological polar surface area (TPSA) is 231 Å². The number of esters is 2. The molecule has 7 N–H and O–H groups in total. The van der Waals surface area contributed by atoms with Crippen molar-refractivity contribution in [2.45, 2.75) is 255 Å². The fraction of sp³-hybridized carbons (Fsp3) is 0.957. The molecule has 0 amide bonds. The van der Waals surface area contributed by atoms with Gasteiger partial charge in [-0.2, -0.15) is 0 Å². The number of carbonyl (C=O) groups excluding carboxylic acids is 2. The minimum atomic E-state index is -1.76. The van der Waals surface area contributed by atoms with E-state index in [1.807, 2.05) is 0 Å². The van der Waals surface area contributed by atoms with Crippen LogP contribution < -0.4 is 0 Å². The number of hydrogen-bond donors (Lipinski definition) is 7. The van der Waals surface area contributed by atoms with Crippen LogP contribution in [0, 0.1) is 0 Å². The number of carbonyl (C=O) groups is 2. The van der Waals surface area contributed by atoms with E-state index in [2.05, 4.69) is 13.8 Å². The van der Waals surface area contributed by atoms with Crippen LogP contribution in [0.15, 0.2) is 0 Å². The lowest BCUT2D eigenvalue weighted by atomic mass is 9.98. The Labute approximate surface area is 366 Å². The van der Waals surface area contributed by atoms with Gasteiger partial charge < -0.3 is 64.2 Å². The molecule has 2 fully saturated rings. The van der Waals surface area contributed by atoms with Crippen molar-refractivity contribution in [3.63, 3.8) is 0 Å². The molecular weight excluding hydrogens is 792 g/mol. The smallest absolute Gasteiger partial charge is 0.306 e. The summed E-state index contributed by atoms with van der Waals surface area (Å²) in [5.41, 5.74) is 0. The largest absolute Gasteiger partial charge is 0.462 e. The van der Waals surface area contributed by atoms with Crippen LogP contribution in [0.4, 0.5) is 0 Å². The summed E-state index contributed by atoms with van der Waals surface area (Å²) < 4.78 is 33.4. The lowest BCUT2D eigenvalue weighted by Crippen LogP contribution is -2.61. The van der Waals surface area contributed by atoms with E-state index in [1.54, 1.807) is 0 Å². The molecule has 11 unspecified atom stereocenters. The van der Waals surface area contributed by atoms with Crippen molar-refractivity contribution >= 4 is 11.9 Å². The average molecular weight is 879 g/mol. The molecule has 15 heteroatoms. The molecule has 360 valence electrons. The second-order valence-electron chi connectivity index (χ2n) is 17.3. The molecular formula is C46H86O15. The summed E-state index contributed by atoms with van der Waals surface area (Å²) in [4.78, 5) is 25.5. The van der Waals surface area contributed by atoms with Crippen molar-refractivity contribution in [3.8, 4) is 0 Å². The Morgan fingerprint density at radius 3 is 1.28 bits per heavy atom. The SMILES string of the molecule is CCCCCCCCCCCCCCCCCCCCCC(=O)OC(COC(=O)CCCCCCCC)COC1OC(COC2OC(CO)C(O)C(O)C2O)C(O)C(O)C1O. The van der Waals surface area contributed by atoms with Crippen molar-refractivity contribution < 1.29 is 73.8 Å². The molecule has 2 rings (SSSR count). The van der Waals surface area contributed by atoms with Gasteiger partial charge in [0, 0.05) is 12.8 Å². The van der Waals surface area contributed by atoms with E-state index in [4.69, 9.17) is 28.4 Å². The molecule has 0 aromatic heterocycles. The van der Waals surface area contributed by atoms with Gasteiger partial charge in [-0.15, -0.1) is 0 Å². The summed E-state index contributed by atoms with van der Waals surface area (Å²) in [7, 11) is 0. The van der Waals surface area contributed by atoms with E-state index >= 15 is 0 Å². The van der Waals surface area contributed by atoms with Gasteiger partial charge in [0.25, 0.3) is 0 Å². The predicted molar refractivity (Wildman–Crippen MR) is 229 cm³/mol. The van der Waals surface area contributed by atoms with Gasteiger partial charge >= 0.3 is 11.9 Å². The standard InChI is InChI=1S/C46H86O15/c1-3-5-7-9-11-12-13-14-15-16-17-18-19-20-21-22-23-25-27-29-38(49)59-34(31-56-37(48)28-26-24-10-8-6-4-2)32-57-45-44(55)42(53)40(51)36(61-45)33-58-46-43(54)41(52)39(50)35(30-47)60-46/h34-36,39-47,50-55H,3-33H2,1-2H3. The number of aliphatic hydroxyl groups excluding tert-OH is 7. The number of ether oxygens (including phenoxy) is 6. The first kappa shape index (κ1) is 55.6. The summed E-state index contributed by atoms with van der Waals surface area (Å²) in [5, 5.41) is 71.8. The number of hydrogen-bond acceptors (Lipinski definition) is 15. The summed E-state index contributed by atoms with van der Waals surface area (Å²) >= 11 is 0. The van der Waals surface area contributed by atoms with E-state index in [0.29, 0.717) is 12.8 Å². The van der Waals surface area contributed by atoms with Gasteiger partial charge in [-0.1, -0.05) is 162 Å². The molecule has 0 saturated carbocycles. The highest BCUT2D eigenvalue weighted by Gasteiger charge is 2.47. The van der Waals surface area contributed by atoms with E-state index in [1.165, 1.54) is 96.3 Å². The van der Waals surface area contributed by atoms with Crippen LogP contribution in [-0.4, -0.2) is 142 Å². The second kappa shape index (κ2) is 34.8. The summed E-state index contributed by atoms with van der Waals surface area (Å²) in [6.07, 6.45) is 13.3. The maximum atomic E-state index is 12.9. The van der Waals surface area contributed by atoms with Crippen LogP contribution in [-0.2, 0) is 38.0 Å². The fourth-order valence-corrected chi connectivity index (χ4v) is 7.81. The van der Waals surface area contributed by atoms with Crippen LogP contribution in [0.25, 0.3) is 0 Å². The monoisotopic (exact) mass is 879 g/mol. The Hall–Kier alpha value is -1.50. The number of unbranched alkanes of at least 4 members (excludes halogenated alkanes) is 23. The molecule has 0 aromatic rings. The first-order chi connectivity index (χ1) is 29.5. The van der Waals surface area contributed by atoms with Gasteiger partial charge in [-0.3, -0.25) is 9.59 Å². The van der Waals surface area contributed by atoms with Crippen molar-refractivity contribution in [3.05, 3.63) is 0 Å². The second-order valence-corrected chi connectivity index (χ2v) is 17.3. The molecule has 0 aliphatic carbocycles. The zero-order valence-corrected chi connectivity index (χ0v) is 37.7. The Kier molecular flexibility index (Phi) is 31.8. The molecule has 11 atom stereocenters. The Morgan fingerprint density at radius 1 is 0.459 bits per heavy atom. The first-order valence-electron chi connectivity index (χ1n) is 24.1. The highest BCUT2D eigenvalue weighted by molar-refractivity contribution is 5.70. The molecule has 0 radical (unpaired) electrons.